The van der Waals surface area contributed by atoms with E-state index in [-0.39, 0.29) is 5.41 Å². The zero-order valence-corrected chi connectivity index (χ0v) is 10.4. The van der Waals surface area contributed by atoms with Crippen LogP contribution < -0.4 is 5.73 Å². The normalized spacial score (nSPS) is 20.3. The average Bonchev–Trinajstić information content (AvgIpc) is 2.81. The molecule has 5 nitrogen and oxygen atoms in total. The lowest BCUT2D eigenvalue weighted by Crippen LogP contribution is -2.45. The molecule has 2 heterocycles. The van der Waals surface area contributed by atoms with E-state index in [1.54, 1.807) is 0 Å². The number of rotatable bonds is 4. The number of likely N-dealkylation sites (tertiary alicyclic amines) is 1. The van der Waals surface area contributed by atoms with Gasteiger partial charge in [-0.1, -0.05) is 6.92 Å². The third-order valence-electron chi connectivity index (χ3n) is 3.81. The average molecular weight is 235 g/mol. The summed E-state index contributed by atoms with van der Waals surface area (Å²) in [5.41, 5.74) is 5.57. The highest BCUT2D eigenvalue weighted by atomic mass is 15.3. The summed E-state index contributed by atoms with van der Waals surface area (Å²) in [6, 6.07) is 1.95. The first-order valence-electron chi connectivity index (χ1n) is 6.14. The van der Waals surface area contributed by atoms with Crippen molar-refractivity contribution in [1.29, 1.82) is 5.41 Å². The number of nitrogens with zero attached hydrogens (tertiary/aromatic N) is 3. The number of hydrogen-bond acceptors (Lipinski definition) is 3. The Bertz CT molecular complexity index is 362. The molecule has 1 aromatic heterocycles. The van der Waals surface area contributed by atoms with Gasteiger partial charge in [0.25, 0.3) is 0 Å². The van der Waals surface area contributed by atoms with Crippen LogP contribution in [0.5, 0.6) is 0 Å². The number of hydrogen-bond donors (Lipinski definition) is 2. The highest BCUT2D eigenvalue weighted by molar-refractivity contribution is 5.83. The fraction of sp³-hybridized carbons (Fsp3) is 0.667. The molecule has 0 bridgehead atoms. The first kappa shape index (κ1) is 12.1. The Hall–Kier alpha value is -1.36. The van der Waals surface area contributed by atoms with Crippen molar-refractivity contribution in [2.45, 2.75) is 26.3 Å². The molecule has 1 aromatic rings. The lowest BCUT2D eigenvalue weighted by molar-refractivity contribution is 0.156. The zero-order valence-electron chi connectivity index (χ0n) is 10.4. The topological polar surface area (TPSA) is 70.9 Å². The van der Waals surface area contributed by atoms with E-state index in [2.05, 4.69) is 16.9 Å². The second-order valence-corrected chi connectivity index (χ2v) is 5.09. The minimum atomic E-state index is -0.0812. The number of nitrogens with two attached hydrogens (primary N) is 1. The van der Waals surface area contributed by atoms with E-state index < -0.39 is 0 Å². The molecular weight excluding hydrogens is 214 g/mol. The number of aromatic nitrogens is 2. The molecule has 0 radical (unpaired) electrons. The van der Waals surface area contributed by atoms with Crippen molar-refractivity contribution < 1.29 is 0 Å². The van der Waals surface area contributed by atoms with Crippen molar-refractivity contribution >= 4 is 5.84 Å². The van der Waals surface area contributed by atoms with Gasteiger partial charge in [-0.2, -0.15) is 5.10 Å². The molecule has 0 spiro atoms. The van der Waals surface area contributed by atoms with Gasteiger partial charge in [-0.25, -0.2) is 0 Å². The van der Waals surface area contributed by atoms with Crippen molar-refractivity contribution in [3.8, 4) is 0 Å². The molecule has 0 aromatic carbocycles. The third kappa shape index (κ3) is 2.85. The first-order chi connectivity index (χ1) is 8.10. The summed E-state index contributed by atoms with van der Waals surface area (Å²) in [6.45, 7) is 6.11. The fourth-order valence-electron chi connectivity index (χ4n) is 2.22. The van der Waals surface area contributed by atoms with Crippen molar-refractivity contribution in [3.05, 3.63) is 18.5 Å². The van der Waals surface area contributed by atoms with Gasteiger partial charge in [-0.3, -0.25) is 10.1 Å². The molecule has 0 aliphatic carbocycles. The maximum Gasteiger partial charge on any atom is 0.0966 e. The highest BCUT2D eigenvalue weighted by Gasteiger charge is 2.32. The third-order valence-corrected chi connectivity index (χ3v) is 3.81. The van der Waals surface area contributed by atoms with Gasteiger partial charge in [-0.05, 0) is 32.0 Å². The summed E-state index contributed by atoms with van der Waals surface area (Å²) in [5.74, 6) is 0.337. The van der Waals surface area contributed by atoms with E-state index in [0.29, 0.717) is 5.84 Å². The molecule has 1 aliphatic heterocycles. The summed E-state index contributed by atoms with van der Waals surface area (Å²) in [5, 5.41) is 11.8. The molecule has 17 heavy (non-hydrogen) atoms. The molecule has 94 valence electrons. The van der Waals surface area contributed by atoms with Crippen LogP contribution in [-0.2, 0) is 6.54 Å². The van der Waals surface area contributed by atoms with Crippen LogP contribution in [0.25, 0.3) is 0 Å². The monoisotopic (exact) mass is 235 g/mol. The van der Waals surface area contributed by atoms with Crippen molar-refractivity contribution in [3.63, 3.8) is 0 Å². The van der Waals surface area contributed by atoms with Crippen LogP contribution in [0.2, 0.25) is 0 Å². The Morgan fingerprint density at radius 2 is 2.12 bits per heavy atom. The van der Waals surface area contributed by atoms with Crippen molar-refractivity contribution in [1.82, 2.24) is 14.7 Å². The van der Waals surface area contributed by atoms with Gasteiger partial charge in [0, 0.05) is 24.4 Å². The molecular formula is C12H21N5. The van der Waals surface area contributed by atoms with E-state index in [4.69, 9.17) is 11.1 Å². The highest BCUT2D eigenvalue weighted by Crippen LogP contribution is 2.30. The largest absolute Gasteiger partial charge is 0.387 e. The summed E-state index contributed by atoms with van der Waals surface area (Å²) in [7, 11) is 0. The molecule has 3 N–H and O–H groups in total. The van der Waals surface area contributed by atoms with Crippen LogP contribution in [-0.4, -0.2) is 40.2 Å². The van der Waals surface area contributed by atoms with Gasteiger partial charge >= 0.3 is 0 Å². The summed E-state index contributed by atoms with van der Waals surface area (Å²) in [4.78, 5) is 2.42. The second kappa shape index (κ2) is 4.87. The first-order valence-corrected chi connectivity index (χ1v) is 6.14. The van der Waals surface area contributed by atoms with Crippen LogP contribution in [0.4, 0.5) is 0 Å². The van der Waals surface area contributed by atoms with Gasteiger partial charge in [-0.15, -0.1) is 0 Å². The van der Waals surface area contributed by atoms with Gasteiger partial charge in [0.05, 0.1) is 12.4 Å². The van der Waals surface area contributed by atoms with Gasteiger partial charge in [0.15, 0.2) is 0 Å². The molecule has 1 aliphatic rings. The summed E-state index contributed by atoms with van der Waals surface area (Å²) < 4.78 is 1.96. The second-order valence-electron chi connectivity index (χ2n) is 5.09. The predicted molar refractivity (Wildman–Crippen MR) is 67.9 cm³/mol. The van der Waals surface area contributed by atoms with Crippen LogP contribution in [0.15, 0.2) is 18.5 Å². The van der Waals surface area contributed by atoms with Crippen molar-refractivity contribution in [2.24, 2.45) is 11.1 Å². The molecule has 0 saturated carbocycles. The van der Waals surface area contributed by atoms with E-state index >= 15 is 0 Å². The van der Waals surface area contributed by atoms with Crippen LogP contribution in [0.3, 0.4) is 0 Å². The molecule has 1 saturated heterocycles. The summed E-state index contributed by atoms with van der Waals surface area (Å²) >= 11 is 0. The SMILES string of the molecule is CC1(C(=N)N)CCN(CCn2cccn2)CC1. The molecule has 1 fully saturated rings. The van der Waals surface area contributed by atoms with Crippen molar-refractivity contribution in [2.75, 3.05) is 19.6 Å². The quantitative estimate of drug-likeness (QED) is 0.602. The number of nitrogens with one attached hydrogen (secondary N) is 1. The van der Waals surface area contributed by atoms with Crippen LogP contribution in [0, 0.1) is 10.8 Å². The number of piperidine rings is 1. The fourth-order valence-corrected chi connectivity index (χ4v) is 2.22. The van der Waals surface area contributed by atoms with Gasteiger partial charge in [0.1, 0.15) is 0 Å². The Morgan fingerprint density at radius 1 is 1.41 bits per heavy atom. The number of amidine groups is 1. The Kier molecular flexibility index (Phi) is 3.47. The van der Waals surface area contributed by atoms with Crippen LogP contribution >= 0.6 is 0 Å². The van der Waals surface area contributed by atoms with E-state index in [9.17, 15) is 0 Å². The smallest absolute Gasteiger partial charge is 0.0966 e. The zero-order chi connectivity index (χ0) is 12.3. The maximum absolute atomic E-state index is 7.61. The Balaban J connectivity index is 1.78. The lowest BCUT2D eigenvalue weighted by atomic mass is 9.79. The maximum atomic E-state index is 7.61. The standard InChI is InChI=1S/C12H21N5/c1-12(11(13)14)3-7-16(8-4-12)9-10-17-6-2-5-15-17/h2,5-6H,3-4,7-10H2,1H3,(H3,13,14). The van der Waals surface area contributed by atoms with Gasteiger partial charge in [0.2, 0.25) is 0 Å². The predicted octanol–water partition coefficient (Wildman–Crippen LogP) is 0.921. The molecule has 0 amide bonds. The van der Waals surface area contributed by atoms with E-state index in [1.807, 2.05) is 23.1 Å². The van der Waals surface area contributed by atoms with Gasteiger partial charge < -0.3 is 10.6 Å². The molecule has 2 rings (SSSR count). The minimum absolute atomic E-state index is 0.0812. The Labute approximate surface area is 102 Å². The molecule has 5 heteroatoms. The lowest BCUT2D eigenvalue weighted by Gasteiger charge is -2.38. The van der Waals surface area contributed by atoms with Crippen LogP contribution in [0.1, 0.15) is 19.8 Å². The Morgan fingerprint density at radius 3 is 2.65 bits per heavy atom. The van der Waals surface area contributed by atoms with E-state index in [0.717, 1.165) is 39.0 Å². The van der Waals surface area contributed by atoms with E-state index in [1.165, 1.54) is 0 Å². The molecule has 0 unspecified atom stereocenters. The molecule has 0 atom stereocenters. The summed E-state index contributed by atoms with van der Waals surface area (Å²) in [6.07, 6.45) is 5.77. The minimum Gasteiger partial charge on any atom is -0.387 e.